The second kappa shape index (κ2) is 7.45. The van der Waals surface area contributed by atoms with Gasteiger partial charge in [-0.2, -0.15) is 0 Å². The van der Waals surface area contributed by atoms with Gasteiger partial charge in [-0.1, -0.05) is 25.8 Å². The smallest absolute Gasteiger partial charge is 0.251 e. The van der Waals surface area contributed by atoms with Crippen molar-refractivity contribution in [3.05, 3.63) is 29.8 Å². The highest BCUT2D eigenvalue weighted by Crippen LogP contribution is 2.24. The molecule has 6 heteroatoms. The van der Waals surface area contributed by atoms with Crippen LogP contribution in [0.5, 0.6) is 0 Å². The summed E-state index contributed by atoms with van der Waals surface area (Å²) in [5.74, 6) is 0.418. The number of carbonyl (C=O) groups is 1. The third-order valence-corrected chi connectivity index (χ3v) is 5.73. The van der Waals surface area contributed by atoms with Gasteiger partial charge in [0, 0.05) is 17.6 Å². The summed E-state index contributed by atoms with van der Waals surface area (Å²) in [6.07, 6.45) is 4.31. The van der Waals surface area contributed by atoms with E-state index in [0.717, 1.165) is 19.3 Å². The highest BCUT2D eigenvalue weighted by Gasteiger charge is 2.22. The van der Waals surface area contributed by atoms with Crippen molar-refractivity contribution < 1.29 is 13.2 Å². The van der Waals surface area contributed by atoms with E-state index in [1.807, 2.05) is 0 Å². The van der Waals surface area contributed by atoms with Crippen LogP contribution in [0, 0.1) is 5.92 Å². The Kier molecular flexibility index (Phi) is 5.81. The highest BCUT2D eigenvalue weighted by molar-refractivity contribution is 7.89. The first-order chi connectivity index (χ1) is 10.8. The van der Waals surface area contributed by atoms with E-state index >= 15 is 0 Å². The number of benzene rings is 1. The number of rotatable bonds is 5. The number of amides is 1. The Morgan fingerprint density at radius 3 is 2.65 bits per heavy atom. The Morgan fingerprint density at radius 2 is 2.00 bits per heavy atom. The highest BCUT2D eigenvalue weighted by atomic mass is 32.2. The molecule has 2 unspecified atom stereocenters. The van der Waals surface area contributed by atoms with Crippen molar-refractivity contribution in [2.75, 3.05) is 0 Å². The SMILES string of the molecule is CC1CCCC(NC(=O)c2cccc(S(=O)(=O)NC(C)C)c2)C1. The van der Waals surface area contributed by atoms with Gasteiger partial charge in [0.15, 0.2) is 0 Å². The number of hydrogen-bond acceptors (Lipinski definition) is 3. The van der Waals surface area contributed by atoms with Gasteiger partial charge in [-0.25, -0.2) is 13.1 Å². The van der Waals surface area contributed by atoms with Crippen molar-refractivity contribution in [2.45, 2.75) is 63.4 Å². The molecular weight excluding hydrogens is 312 g/mol. The molecule has 1 aliphatic carbocycles. The monoisotopic (exact) mass is 338 g/mol. The molecule has 1 fully saturated rings. The molecule has 1 amide bonds. The molecule has 128 valence electrons. The molecule has 1 aromatic carbocycles. The molecule has 2 rings (SSSR count). The predicted octanol–water partition coefficient (Wildman–Crippen LogP) is 2.68. The molecule has 0 spiro atoms. The summed E-state index contributed by atoms with van der Waals surface area (Å²) >= 11 is 0. The number of sulfonamides is 1. The van der Waals surface area contributed by atoms with Crippen molar-refractivity contribution >= 4 is 15.9 Å². The molecule has 2 atom stereocenters. The van der Waals surface area contributed by atoms with Crippen LogP contribution in [-0.2, 0) is 10.0 Å². The normalized spacial score (nSPS) is 22.1. The number of hydrogen-bond donors (Lipinski definition) is 2. The van der Waals surface area contributed by atoms with Crippen LogP contribution in [0.4, 0.5) is 0 Å². The average molecular weight is 338 g/mol. The van der Waals surface area contributed by atoms with Gasteiger partial charge in [-0.15, -0.1) is 0 Å². The fourth-order valence-corrected chi connectivity index (χ4v) is 4.31. The first-order valence-corrected chi connectivity index (χ1v) is 9.69. The molecule has 1 aromatic rings. The molecule has 1 aliphatic rings. The summed E-state index contributed by atoms with van der Waals surface area (Å²) in [6, 6.07) is 6.18. The Balaban J connectivity index is 2.11. The maximum Gasteiger partial charge on any atom is 0.251 e. The maximum atomic E-state index is 12.4. The van der Waals surface area contributed by atoms with Gasteiger partial charge < -0.3 is 5.32 Å². The number of nitrogens with one attached hydrogen (secondary N) is 2. The van der Waals surface area contributed by atoms with Gasteiger partial charge in [0.1, 0.15) is 0 Å². The third kappa shape index (κ3) is 5.04. The van der Waals surface area contributed by atoms with E-state index < -0.39 is 10.0 Å². The molecule has 0 radical (unpaired) electrons. The molecule has 0 aromatic heterocycles. The van der Waals surface area contributed by atoms with Crippen LogP contribution in [0.1, 0.15) is 56.8 Å². The first-order valence-electron chi connectivity index (χ1n) is 8.21. The lowest BCUT2D eigenvalue weighted by molar-refractivity contribution is 0.0921. The van der Waals surface area contributed by atoms with Gasteiger partial charge in [-0.05, 0) is 50.8 Å². The first kappa shape index (κ1) is 17.9. The molecule has 2 N–H and O–H groups in total. The second-order valence-electron chi connectivity index (χ2n) is 6.75. The van der Waals surface area contributed by atoms with Crippen molar-refractivity contribution in [3.8, 4) is 0 Å². The maximum absolute atomic E-state index is 12.4. The lowest BCUT2D eigenvalue weighted by Crippen LogP contribution is -2.38. The fraction of sp³-hybridized carbons (Fsp3) is 0.588. The fourth-order valence-electron chi connectivity index (χ4n) is 3.02. The van der Waals surface area contributed by atoms with Crippen LogP contribution in [0.3, 0.4) is 0 Å². The minimum absolute atomic E-state index is 0.121. The van der Waals surface area contributed by atoms with Crippen LogP contribution in [0.25, 0.3) is 0 Å². The standard InChI is InChI=1S/C17H26N2O3S/c1-12(2)19-23(21,22)16-9-5-7-14(11-16)17(20)18-15-8-4-6-13(3)10-15/h5,7,9,11-13,15,19H,4,6,8,10H2,1-3H3,(H,18,20). The Morgan fingerprint density at radius 1 is 1.26 bits per heavy atom. The second-order valence-corrected chi connectivity index (χ2v) is 8.46. The molecule has 23 heavy (non-hydrogen) atoms. The molecule has 5 nitrogen and oxygen atoms in total. The molecule has 0 bridgehead atoms. The average Bonchev–Trinajstić information content (AvgIpc) is 2.46. The van der Waals surface area contributed by atoms with E-state index in [9.17, 15) is 13.2 Å². The lowest BCUT2D eigenvalue weighted by atomic mass is 9.87. The largest absolute Gasteiger partial charge is 0.349 e. The number of carbonyl (C=O) groups excluding carboxylic acids is 1. The zero-order valence-electron chi connectivity index (χ0n) is 14.0. The summed E-state index contributed by atoms with van der Waals surface area (Å²) in [6.45, 7) is 5.72. The van der Waals surface area contributed by atoms with Gasteiger partial charge in [-0.3, -0.25) is 4.79 Å². The Hall–Kier alpha value is -1.40. The van der Waals surface area contributed by atoms with E-state index in [2.05, 4.69) is 17.0 Å². The van der Waals surface area contributed by atoms with E-state index in [0.29, 0.717) is 11.5 Å². The molecule has 1 saturated carbocycles. The summed E-state index contributed by atoms with van der Waals surface area (Å²) in [5.41, 5.74) is 0.384. The van der Waals surface area contributed by atoms with Gasteiger partial charge in [0.25, 0.3) is 5.91 Å². The summed E-state index contributed by atoms with van der Waals surface area (Å²) < 4.78 is 26.9. The zero-order valence-corrected chi connectivity index (χ0v) is 14.8. The lowest BCUT2D eigenvalue weighted by Gasteiger charge is -2.27. The van der Waals surface area contributed by atoms with Crippen LogP contribution in [0.15, 0.2) is 29.2 Å². The predicted molar refractivity (Wildman–Crippen MR) is 90.8 cm³/mol. The minimum atomic E-state index is -3.59. The summed E-state index contributed by atoms with van der Waals surface area (Å²) in [4.78, 5) is 12.5. The van der Waals surface area contributed by atoms with Crippen molar-refractivity contribution in [3.63, 3.8) is 0 Å². The topological polar surface area (TPSA) is 75.3 Å². The quantitative estimate of drug-likeness (QED) is 0.867. The summed E-state index contributed by atoms with van der Waals surface area (Å²) in [7, 11) is -3.59. The van der Waals surface area contributed by atoms with E-state index in [-0.39, 0.29) is 22.9 Å². The zero-order chi connectivity index (χ0) is 17.0. The molecule has 0 aliphatic heterocycles. The molecule has 0 saturated heterocycles. The van der Waals surface area contributed by atoms with Gasteiger partial charge in [0.2, 0.25) is 10.0 Å². The van der Waals surface area contributed by atoms with Crippen molar-refractivity contribution in [1.82, 2.24) is 10.0 Å². The third-order valence-electron chi connectivity index (χ3n) is 4.07. The van der Waals surface area contributed by atoms with Crippen LogP contribution >= 0.6 is 0 Å². The van der Waals surface area contributed by atoms with Crippen molar-refractivity contribution in [2.24, 2.45) is 5.92 Å². The Bertz CT molecular complexity index is 656. The van der Waals surface area contributed by atoms with Crippen LogP contribution < -0.4 is 10.0 Å². The molecule has 0 heterocycles. The van der Waals surface area contributed by atoms with Gasteiger partial charge in [0.05, 0.1) is 4.90 Å². The van der Waals surface area contributed by atoms with Crippen LogP contribution in [-0.4, -0.2) is 26.4 Å². The minimum Gasteiger partial charge on any atom is -0.349 e. The van der Waals surface area contributed by atoms with E-state index in [1.165, 1.54) is 18.6 Å². The van der Waals surface area contributed by atoms with E-state index in [1.54, 1.807) is 26.0 Å². The summed E-state index contributed by atoms with van der Waals surface area (Å²) in [5, 5.41) is 3.03. The van der Waals surface area contributed by atoms with E-state index in [4.69, 9.17) is 0 Å². The molecular formula is C17H26N2O3S. The van der Waals surface area contributed by atoms with Crippen molar-refractivity contribution in [1.29, 1.82) is 0 Å². The van der Waals surface area contributed by atoms with Gasteiger partial charge >= 0.3 is 0 Å². The van der Waals surface area contributed by atoms with Crippen LogP contribution in [0.2, 0.25) is 0 Å². The Labute approximate surface area is 138 Å².